The molecule has 0 fully saturated rings. The fourth-order valence-corrected chi connectivity index (χ4v) is 1.87. The minimum atomic E-state index is -0.859. The van der Waals surface area contributed by atoms with Gasteiger partial charge in [0.05, 0.1) is 0 Å². The minimum absolute atomic E-state index is 0.0232. The first-order valence-electron chi connectivity index (χ1n) is 7.03. The van der Waals surface area contributed by atoms with Crippen molar-refractivity contribution in [3.8, 4) is 0 Å². The number of nitrogens with two attached hydrogens (primary N) is 2. The first-order valence-corrected chi connectivity index (χ1v) is 7.03. The molecule has 2 aromatic rings. The van der Waals surface area contributed by atoms with E-state index in [0.717, 1.165) is 0 Å². The van der Waals surface area contributed by atoms with Crippen LogP contribution in [0.1, 0.15) is 23.8 Å². The molecule has 0 aliphatic rings. The second-order valence-electron chi connectivity index (χ2n) is 4.84. The van der Waals surface area contributed by atoms with E-state index >= 15 is 0 Å². The van der Waals surface area contributed by atoms with Gasteiger partial charge < -0.3 is 22.1 Å². The molecule has 126 valence electrons. The number of hydrogen-bond acceptors (Lipinski definition) is 7. The van der Waals surface area contributed by atoms with Crippen LogP contribution >= 0.6 is 0 Å². The normalized spacial score (nSPS) is 11.6. The number of nitrogens with one attached hydrogen (secondary N) is 2. The van der Waals surface area contributed by atoms with E-state index in [-0.39, 0.29) is 17.5 Å². The number of halogens is 1. The summed E-state index contributed by atoms with van der Waals surface area (Å²) in [6.07, 6.45) is 0.406. The second kappa shape index (κ2) is 7.31. The number of primary amides is 2. The van der Waals surface area contributed by atoms with Gasteiger partial charge in [-0.05, 0) is 24.6 Å². The van der Waals surface area contributed by atoms with E-state index in [0.29, 0.717) is 12.1 Å². The minimum Gasteiger partial charge on any atom is -0.368 e. The van der Waals surface area contributed by atoms with Crippen molar-refractivity contribution >= 4 is 29.3 Å². The van der Waals surface area contributed by atoms with Gasteiger partial charge >= 0.3 is 0 Å². The van der Waals surface area contributed by atoms with Crippen LogP contribution in [0.15, 0.2) is 24.3 Å². The van der Waals surface area contributed by atoms with Gasteiger partial charge in [0.15, 0.2) is 11.5 Å². The fraction of sp³-hybridized carbons (Fsp3) is 0.214. The number of carbonyl (C=O) groups is 2. The van der Waals surface area contributed by atoms with Crippen molar-refractivity contribution in [2.75, 3.05) is 10.6 Å². The summed E-state index contributed by atoms with van der Waals surface area (Å²) >= 11 is 0. The smallest absolute Gasteiger partial charge is 0.273 e. The number of rotatable bonds is 7. The first kappa shape index (κ1) is 17.1. The van der Waals surface area contributed by atoms with Crippen LogP contribution in [-0.2, 0) is 4.79 Å². The molecular weight excluding hydrogens is 317 g/mol. The average Bonchev–Trinajstić information content (AvgIpc) is 2.52. The van der Waals surface area contributed by atoms with E-state index < -0.39 is 23.7 Å². The third-order valence-electron chi connectivity index (χ3n) is 3.06. The summed E-state index contributed by atoms with van der Waals surface area (Å²) in [7, 11) is 0. The third-order valence-corrected chi connectivity index (χ3v) is 3.06. The lowest BCUT2D eigenvalue weighted by Gasteiger charge is -2.14. The molecule has 1 aromatic carbocycles. The molecule has 10 heteroatoms. The molecular formula is C14H16FN7O2. The molecule has 0 saturated carbocycles. The Labute approximate surface area is 136 Å². The molecule has 9 nitrogen and oxygen atoms in total. The summed E-state index contributed by atoms with van der Waals surface area (Å²) in [5.74, 6) is -1.96. The molecule has 1 atom stereocenters. The zero-order chi connectivity index (χ0) is 17.7. The van der Waals surface area contributed by atoms with Crippen molar-refractivity contribution in [3.05, 3.63) is 35.8 Å². The molecule has 0 aliphatic heterocycles. The third kappa shape index (κ3) is 4.12. The van der Waals surface area contributed by atoms with E-state index in [1.54, 1.807) is 13.0 Å². The Morgan fingerprint density at radius 3 is 2.62 bits per heavy atom. The van der Waals surface area contributed by atoms with Gasteiger partial charge in [-0.2, -0.15) is 4.98 Å². The van der Waals surface area contributed by atoms with Crippen LogP contribution in [0.2, 0.25) is 0 Å². The molecule has 1 aromatic heterocycles. The van der Waals surface area contributed by atoms with Crippen molar-refractivity contribution in [1.82, 2.24) is 15.2 Å². The lowest BCUT2D eigenvalue weighted by atomic mass is 10.2. The SMILES string of the molecule is CC[C@@H](Nc1nnc(C(N)=O)c(Nc2cccc(F)c2)n1)C(N)=O. The number of nitrogens with zero attached hydrogens (tertiary/aromatic N) is 3. The standard InChI is InChI=1S/C14H16FN7O2/c1-2-9(11(16)23)19-14-20-13(10(12(17)24)21-22-14)18-8-5-3-4-7(15)6-8/h3-6,9H,2H2,1H3,(H2,16,23)(H2,17,24)(H2,18,19,20,22)/t9-/m1/s1. The zero-order valence-corrected chi connectivity index (χ0v) is 12.8. The Morgan fingerprint density at radius 2 is 2.04 bits per heavy atom. The fourth-order valence-electron chi connectivity index (χ4n) is 1.87. The second-order valence-corrected chi connectivity index (χ2v) is 4.84. The van der Waals surface area contributed by atoms with Gasteiger partial charge in [0, 0.05) is 5.69 Å². The highest BCUT2D eigenvalue weighted by atomic mass is 19.1. The number of aromatic nitrogens is 3. The van der Waals surface area contributed by atoms with Crippen LogP contribution in [-0.4, -0.2) is 33.0 Å². The molecule has 0 bridgehead atoms. The summed E-state index contributed by atoms with van der Waals surface area (Å²) in [4.78, 5) is 26.8. The predicted octanol–water partition coefficient (Wildman–Crippen LogP) is 0.529. The highest BCUT2D eigenvalue weighted by molar-refractivity contribution is 5.96. The maximum absolute atomic E-state index is 13.3. The van der Waals surface area contributed by atoms with E-state index in [4.69, 9.17) is 11.5 Å². The van der Waals surface area contributed by atoms with E-state index in [1.807, 2.05) is 0 Å². The highest BCUT2D eigenvalue weighted by Crippen LogP contribution is 2.19. The Bertz CT molecular complexity index is 769. The van der Waals surface area contributed by atoms with Crippen LogP contribution in [0.4, 0.5) is 21.8 Å². The van der Waals surface area contributed by atoms with Gasteiger partial charge in [-0.1, -0.05) is 13.0 Å². The van der Waals surface area contributed by atoms with Gasteiger partial charge in [0.1, 0.15) is 11.9 Å². The van der Waals surface area contributed by atoms with Crippen LogP contribution in [0.25, 0.3) is 0 Å². The zero-order valence-electron chi connectivity index (χ0n) is 12.8. The molecule has 2 rings (SSSR count). The Balaban J connectivity index is 2.34. The molecule has 0 radical (unpaired) electrons. The van der Waals surface area contributed by atoms with Crippen molar-refractivity contribution < 1.29 is 14.0 Å². The molecule has 0 unspecified atom stereocenters. The van der Waals surface area contributed by atoms with Gasteiger partial charge in [-0.25, -0.2) is 4.39 Å². The Kier molecular flexibility index (Phi) is 5.20. The summed E-state index contributed by atoms with van der Waals surface area (Å²) < 4.78 is 13.3. The number of anilines is 3. The molecule has 2 amide bonds. The van der Waals surface area contributed by atoms with E-state index in [2.05, 4.69) is 25.8 Å². The lowest BCUT2D eigenvalue weighted by Crippen LogP contribution is -2.35. The first-order chi connectivity index (χ1) is 11.4. The number of amides is 2. The van der Waals surface area contributed by atoms with Crippen LogP contribution < -0.4 is 22.1 Å². The monoisotopic (exact) mass is 333 g/mol. The largest absolute Gasteiger partial charge is 0.368 e. The summed E-state index contributed by atoms with van der Waals surface area (Å²) in [5.41, 5.74) is 10.6. The van der Waals surface area contributed by atoms with Gasteiger partial charge in [-0.3, -0.25) is 9.59 Å². The summed E-state index contributed by atoms with van der Waals surface area (Å²) in [5, 5.41) is 12.8. The lowest BCUT2D eigenvalue weighted by molar-refractivity contribution is -0.118. The van der Waals surface area contributed by atoms with Crippen molar-refractivity contribution in [1.29, 1.82) is 0 Å². The topological polar surface area (TPSA) is 149 Å². The molecule has 1 heterocycles. The number of hydrogen-bond donors (Lipinski definition) is 4. The quantitative estimate of drug-likeness (QED) is 0.577. The summed E-state index contributed by atoms with van der Waals surface area (Å²) in [6.45, 7) is 1.75. The molecule has 0 saturated heterocycles. The summed E-state index contributed by atoms with van der Waals surface area (Å²) in [6, 6.07) is 4.83. The maximum Gasteiger partial charge on any atom is 0.273 e. The van der Waals surface area contributed by atoms with Crippen molar-refractivity contribution in [2.45, 2.75) is 19.4 Å². The van der Waals surface area contributed by atoms with Crippen molar-refractivity contribution in [3.63, 3.8) is 0 Å². The maximum atomic E-state index is 13.3. The van der Waals surface area contributed by atoms with Gasteiger partial charge in [0.2, 0.25) is 11.9 Å². The average molecular weight is 333 g/mol. The van der Waals surface area contributed by atoms with Crippen LogP contribution in [0, 0.1) is 5.82 Å². The Hall–Kier alpha value is -3.30. The van der Waals surface area contributed by atoms with E-state index in [1.165, 1.54) is 18.2 Å². The van der Waals surface area contributed by atoms with Crippen LogP contribution in [0.3, 0.4) is 0 Å². The van der Waals surface area contributed by atoms with Crippen LogP contribution in [0.5, 0.6) is 0 Å². The van der Waals surface area contributed by atoms with Crippen molar-refractivity contribution in [2.24, 2.45) is 11.5 Å². The van der Waals surface area contributed by atoms with Gasteiger partial charge in [0.25, 0.3) is 5.91 Å². The molecule has 0 spiro atoms. The molecule has 6 N–H and O–H groups in total. The Morgan fingerprint density at radius 1 is 1.29 bits per heavy atom. The van der Waals surface area contributed by atoms with Gasteiger partial charge in [-0.15, -0.1) is 10.2 Å². The molecule has 24 heavy (non-hydrogen) atoms. The highest BCUT2D eigenvalue weighted by Gasteiger charge is 2.18. The van der Waals surface area contributed by atoms with E-state index in [9.17, 15) is 14.0 Å². The number of benzene rings is 1. The molecule has 0 aliphatic carbocycles. The predicted molar refractivity (Wildman–Crippen MR) is 84.9 cm³/mol. The number of carbonyl (C=O) groups excluding carboxylic acids is 2.